The van der Waals surface area contributed by atoms with Gasteiger partial charge in [0.25, 0.3) is 5.91 Å². The van der Waals surface area contributed by atoms with Crippen LogP contribution in [0.4, 0.5) is 9.18 Å². The van der Waals surface area contributed by atoms with Gasteiger partial charge in [-0.25, -0.2) is 9.18 Å². The third-order valence-electron chi connectivity index (χ3n) is 7.51. The molecule has 0 aliphatic carbocycles. The van der Waals surface area contributed by atoms with E-state index >= 15 is 0 Å². The zero-order chi connectivity index (χ0) is 25.0. The topological polar surface area (TPSA) is 79.9 Å². The molecule has 0 bridgehead atoms. The lowest BCUT2D eigenvalue weighted by Gasteiger charge is -2.36. The summed E-state index contributed by atoms with van der Waals surface area (Å²) in [5.74, 6) is -0.605. The van der Waals surface area contributed by atoms with E-state index in [2.05, 4.69) is 22.0 Å². The number of aromatic nitrogens is 1. The van der Waals surface area contributed by atoms with Gasteiger partial charge in [0, 0.05) is 49.2 Å². The number of fused-ring (bicyclic) bond motifs is 4. The van der Waals surface area contributed by atoms with E-state index in [1.54, 1.807) is 29.2 Å². The quantitative estimate of drug-likeness (QED) is 0.395. The number of aromatic hydroxyl groups is 1. The Morgan fingerprint density at radius 2 is 2.00 bits per heavy atom. The highest BCUT2D eigenvalue weighted by atomic mass is 35.5. The van der Waals surface area contributed by atoms with Gasteiger partial charge in [-0.1, -0.05) is 35.9 Å². The van der Waals surface area contributed by atoms with Crippen molar-refractivity contribution in [2.24, 2.45) is 0 Å². The first-order valence-electron chi connectivity index (χ1n) is 12.2. The number of urea groups is 1. The molecule has 0 spiro atoms. The number of imide groups is 1. The summed E-state index contributed by atoms with van der Waals surface area (Å²) in [5.41, 5.74) is 3.06. The van der Waals surface area contributed by atoms with Gasteiger partial charge >= 0.3 is 6.03 Å². The number of hydrogen-bond donors (Lipinski definition) is 2. The van der Waals surface area contributed by atoms with E-state index < -0.39 is 17.9 Å². The van der Waals surface area contributed by atoms with Gasteiger partial charge in [-0.2, -0.15) is 0 Å². The fraction of sp³-hybridized carbons (Fsp3) is 0.333. The number of rotatable bonds is 5. The molecule has 1 unspecified atom stereocenters. The number of phenols is 1. The van der Waals surface area contributed by atoms with Crippen LogP contribution < -0.4 is 0 Å². The zero-order valence-electron chi connectivity index (χ0n) is 19.6. The van der Waals surface area contributed by atoms with Gasteiger partial charge in [0.05, 0.1) is 11.1 Å². The Morgan fingerprint density at radius 1 is 1.14 bits per heavy atom. The molecule has 1 saturated heterocycles. The van der Waals surface area contributed by atoms with E-state index in [0.29, 0.717) is 31.4 Å². The summed E-state index contributed by atoms with van der Waals surface area (Å²) >= 11 is 6.11. The minimum absolute atomic E-state index is 0.0160. The second kappa shape index (κ2) is 8.94. The molecule has 2 N–H and O–H groups in total. The number of phenolic OH excluding ortho intramolecular Hbond substituents is 1. The fourth-order valence-electron chi connectivity index (χ4n) is 5.75. The van der Waals surface area contributed by atoms with E-state index in [4.69, 9.17) is 11.6 Å². The second-order valence-corrected chi connectivity index (χ2v) is 10.1. The van der Waals surface area contributed by atoms with E-state index in [1.165, 1.54) is 11.0 Å². The minimum atomic E-state index is -0.642. The number of halogens is 2. The van der Waals surface area contributed by atoms with Crippen molar-refractivity contribution in [1.29, 1.82) is 0 Å². The monoisotopic (exact) mass is 508 g/mol. The molecule has 6 rings (SSSR count). The number of amides is 3. The van der Waals surface area contributed by atoms with Crippen LogP contribution in [-0.4, -0.2) is 68.9 Å². The van der Waals surface area contributed by atoms with Crippen molar-refractivity contribution in [2.75, 3.05) is 26.2 Å². The number of carbonyl (C=O) groups excluding carboxylic acids is 2. The minimum Gasteiger partial charge on any atom is -0.508 e. The molecule has 4 heterocycles. The average molecular weight is 509 g/mol. The Labute approximate surface area is 212 Å². The molecular weight excluding hydrogens is 483 g/mol. The lowest BCUT2D eigenvalue weighted by Crippen LogP contribution is -2.44. The molecule has 36 heavy (non-hydrogen) atoms. The molecule has 3 amide bonds. The Kier molecular flexibility index (Phi) is 5.73. The maximum atomic E-state index is 14.2. The van der Waals surface area contributed by atoms with Crippen LogP contribution in [0.25, 0.3) is 10.9 Å². The summed E-state index contributed by atoms with van der Waals surface area (Å²) in [4.78, 5) is 35.8. The maximum absolute atomic E-state index is 14.2. The first-order valence-corrected chi connectivity index (χ1v) is 12.6. The highest BCUT2D eigenvalue weighted by Crippen LogP contribution is 2.43. The van der Waals surface area contributed by atoms with E-state index in [1.807, 2.05) is 6.07 Å². The molecule has 9 heteroatoms. The Balaban J connectivity index is 1.38. The van der Waals surface area contributed by atoms with Crippen molar-refractivity contribution < 1.29 is 19.1 Å². The maximum Gasteiger partial charge on any atom is 0.328 e. The molecule has 1 fully saturated rings. The average Bonchev–Trinajstić information content (AvgIpc) is 3.33. The van der Waals surface area contributed by atoms with Crippen LogP contribution in [-0.2, 0) is 17.6 Å². The predicted octanol–water partition coefficient (Wildman–Crippen LogP) is 4.40. The lowest BCUT2D eigenvalue weighted by molar-refractivity contribution is -0.128. The van der Waals surface area contributed by atoms with Crippen LogP contribution in [0.2, 0.25) is 5.02 Å². The number of hydrogen-bond acceptors (Lipinski definition) is 4. The number of benzene rings is 2. The molecule has 3 aliphatic heterocycles. The smallest absolute Gasteiger partial charge is 0.328 e. The number of H-pyrrole nitrogens is 1. The van der Waals surface area contributed by atoms with Crippen LogP contribution in [0, 0.1) is 5.82 Å². The molecule has 3 aliphatic rings. The van der Waals surface area contributed by atoms with Crippen molar-refractivity contribution in [2.45, 2.75) is 31.3 Å². The van der Waals surface area contributed by atoms with Crippen LogP contribution in [0.1, 0.15) is 29.3 Å². The molecule has 2 aromatic carbocycles. The van der Waals surface area contributed by atoms with Crippen LogP contribution in [0.3, 0.4) is 0 Å². The van der Waals surface area contributed by atoms with Crippen molar-refractivity contribution in [3.05, 3.63) is 76.2 Å². The highest BCUT2D eigenvalue weighted by Gasteiger charge is 2.52. The van der Waals surface area contributed by atoms with E-state index in [9.17, 15) is 19.1 Å². The van der Waals surface area contributed by atoms with Gasteiger partial charge in [-0.15, -0.1) is 0 Å². The third-order valence-corrected chi connectivity index (χ3v) is 7.80. The van der Waals surface area contributed by atoms with Crippen molar-refractivity contribution >= 4 is 34.4 Å². The van der Waals surface area contributed by atoms with Gasteiger partial charge in [0.15, 0.2) is 0 Å². The SMILES string of the molecule is O=C1[C@@H]2Cc3c([nH]c4cc(F)c(Cl)cc34)C(Cc3cccc(O)c3)N2C(=O)N1CCN1CC=CCC1. The van der Waals surface area contributed by atoms with E-state index in [0.717, 1.165) is 41.7 Å². The van der Waals surface area contributed by atoms with Crippen LogP contribution >= 0.6 is 11.6 Å². The van der Waals surface area contributed by atoms with Crippen molar-refractivity contribution in [3.63, 3.8) is 0 Å². The number of nitrogens with one attached hydrogen (secondary N) is 1. The molecule has 0 radical (unpaired) electrons. The normalized spacial score (nSPS) is 21.9. The zero-order valence-corrected chi connectivity index (χ0v) is 20.3. The Morgan fingerprint density at radius 3 is 2.78 bits per heavy atom. The van der Waals surface area contributed by atoms with Gasteiger partial charge in [0.1, 0.15) is 17.6 Å². The second-order valence-electron chi connectivity index (χ2n) is 9.68. The van der Waals surface area contributed by atoms with Gasteiger partial charge in [0.2, 0.25) is 0 Å². The number of carbonyl (C=O) groups is 2. The van der Waals surface area contributed by atoms with E-state index in [-0.39, 0.29) is 22.7 Å². The van der Waals surface area contributed by atoms with Crippen molar-refractivity contribution in [3.8, 4) is 5.75 Å². The van der Waals surface area contributed by atoms with Gasteiger partial charge in [-0.3, -0.25) is 14.6 Å². The number of aromatic amines is 1. The summed E-state index contributed by atoms with van der Waals surface area (Å²) in [5, 5.41) is 10.8. The molecular formula is C27H26ClFN4O3. The summed E-state index contributed by atoms with van der Waals surface area (Å²) in [6.07, 6.45) is 5.95. The van der Waals surface area contributed by atoms with Gasteiger partial charge < -0.3 is 15.0 Å². The summed E-state index contributed by atoms with van der Waals surface area (Å²) < 4.78 is 14.2. The lowest BCUT2D eigenvalue weighted by atomic mass is 9.89. The summed E-state index contributed by atoms with van der Waals surface area (Å²) in [6.45, 7) is 2.69. The molecule has 3 aromatic rings. The largest absolute Gasteiger partial charge is 0.508 e. The van der Waals surface area contributed by atoms with Crippen LogP contribution in [0.5, 0.6) is 5.75 Å². The highest BCUT2D eigenvalue weighted by molar-refractivity contribution is 6.31. The Hall–Kier alpha value is -3.36. The fourth-order valence-corrected chi connectivity index (χ4v) is 5.92. The first-order chi connectivity index (χ1) is 17.4. The third kappa shape index (κ3) is 3.85. The molecule has 1 aromatic heterocycles. The number of nitrogens with zero attached hydrogens (tertiary/aromatic N) is 3. The molecule has 186 valence electrons. The first kappa shape index (κ1) is 23.1. The molecule has 2 atom stereocenters. The van der Waals surface area contributed by atoms with Crippen molar-refractivity contribution in [1.82, 2.24) is 19.7 Å². The van der Waals surface area contributed by atoms with Gasteiger partial charge in [-0.05, 0) is 48.2 Å². The standard InChI is InChI=1S/C27H26ClFN4O3/c28-20-13-18-19-14-24-26(35)32(10-9-31-7-2-1-3-8-31)27(36)33(24)23(12-16-5-4-6-17(34)11-16)25(19)30-22(18)15-21(20)29/h1-2,4-6,11,13,15,23-24,30,34H,3,7-10,12,14H2/t23?,24-/m0/s1. The summed E-state index contributed by atoms with van der Waals surface area (Å²) in [6, 6.07) is 8.40. The Bertz CT molecular complexity index is 1400. The molecule has 0 saturated carbocycles. The van der Waals surface area contributed by atoms with Crippen LogP contribution in [0.15, 0.2) is 48.6 Å². The molecule has 7 nitrogen and oxygen atoms in total. The summed E-state index contributed by atoms with van der Waals surface area (Å²) in [7, 11) is 0. The predicted molar refractivity (Wildman–Crippen MR) is 134 cm³/mol.